The lowest BCUT2D eigenvalue weighted by atomic mass is 10.2. The molecule has 2 aromatic rings. The molecule has 1 fully saturated rings. The topological polar surface area (TPSA) is 41.1 Å². The third-order valence-corrected chi connectivity index (χ3v) is 4.36. The molecule has 100 valence electrons. The number of aryl methyl sites for hydroxylation is 1. The summed E-state index contributed by atoms with van der Waals surface area (Å²) in [6.45, 7) is 5.14. The van der Waals surface area contributed by atoms with Gasteiger partial charge in [-0.15, -0.1) is 5.10 Å². The Kier molecular flexibility index (Phi) is 3.64. The van der Waals surface area contributed by atoms with Crippen molar-refractivity contribution in [1.82, 2.24) is 9.59 Å². The Hall–Kier alpha value is -1.62. The number of nitrogens with one attached hydrogen (secondary N) is 1. The van der Waals surface area contributed by atoms with Crippen LogP contribution in [0.4, 0.5) is 11.4 Å². The lowest BCUT2D eigenvalue weighted by Crippen LogP contribution is -2.19. The normalized spacial score (nSPS) is 14.9. The van der Waals surface area contributed by atoms with Gasteiger partial charge in [0.1, 0.15) is 0 Å². The highest BCUT2D eigenvalue weighted by molar-refractivity contribution is 7.05. The molecule has 3 rings (SSSR count). The molecule has 1 aliphatic heterocycles. The van der Waals surface area contributed by atoms with E-state index in [0.29, 0.717) is 0 Å². The van der Waals surface area contributed by atoms with Gasteiger partial charge in [0, 0.05) is 13.1 Å². The molecule has 0 unspecified atom stereocenters. The molecular formula is C14H18N4S. The van der Waals surface area contributed by atoms with Gasteiger partial charge in [-0.3, -0.25) is 0 Å². The van der Waals surface area contributed by atoms with E-state index in [4.69, 9.17) is 0 Å². The van der Waals surface area contributed by atoms with Crippen LogP contribution in [0.1, 0.15) is 23.4 Å². The molecule has 0 amide bonds. The summed E-state index contributed by atoms with van der Waals surface area (Å²) in [5.74, 6) is 0. The van der Waals surface area contributed by atoms with Gasteiger partial charge in [-0.25, -0.2) is 0 Å². The first kappa shape index (κ1) is 12.4. The molecule has 1 aliphatic rings. The Bertz CT molecular complexity index is 546. The first-order valence-electron chi connectivity index (χ1n) is 6.70. The fourth-order valence-corrected chi connectivity index (χ4v) is 3.02. The summed E-state index contributed by atoms with van der Waals surface area (Å²) in [5, 5.41) is 7.57. The summed E-state index contributed by atoms with van der Waals surface area (Å²) in [6.07, 6.45) is 2.60. The molecule has 0 atom stereocenters. The molecule has 0 bridgehead atoms. The van der Waals surface area contributed by atoms with Crippen molar-refractivity contribution < 1.29 is 0 Å². The molecule has 0 aliphatic carbocycles. The number of rotatable bonds is 4. The number of hydrogen-bond acceptors (Lipinski definition) is 5. The van der Waals surface area contributed by atoms with Crippen LogP contribution in [-0.4, -0.2) is 22.7 Å². The second kappa shape index (κ2) is 5.57. The van der Waals surface area contributed by atoms with E-state index in [1.807, 2.05) is 6.92 Å². The molecule has 1 aromatic carbocycles. The molecule has 0 spiro atoms. The molecule has 5 heteroatoms. The lowest BCUT2D eigenvalue weighted by molar-refractivity contribution is 0.949. The van der Waals surface area contributed by atoms with E-state index in [0.717, 1.165) is 12.2 Å². The maximum Gasteiger partial charge on any atom is 0.0774 e. The Morgan fingerprint density at radius 3 is 2.79 bits per heavy atom. The molecular weight excluding hydrogens is 256 g/mol. The molecule has 19 heavy (non-hydrogen) atoms. The van der Waals surface area contributed by atoms with Crippen molar-refractivity contribution in [3.05, 3.63) is 34.8 Å². The van der Waals surface area contributed by atoms with E-state index in [1.165, 1.54) is 53.7 Å². The minimum Gasteiger partial charge on any atom is -0.378 e. The predicted octanol–water partition coefficient (Wildman–Crippen LogP) is 3.06. The first-order valence-corrected chi connectivity index (χ1v) is 7.47. The average Bonchev–Trinajstić information content (AvgIpc) is 3.08. The van der Waals surface area contributed by atoms with Gasteiger partial charge < -0.3 is 10.2 Å². The standard InChI is InChI=1S/C14H18N4S/c1-11-14(19-17-16-11)10-15-12-6-2-3-7-13(12)18-8-4-5-9-18/h2-3,6-7,15H,4-5,8-10H2,1H3. The van der Waals surface area contributed by atoms with Crippen LogP contribution in [0.2, 0.25) is 0 Å². The minimum atomic E-state index is 0.800. The first-order chi connectivity index (χ1) is 9.34. The second-order valence-corrected chi connectivity index (χ2v) is 5.69. The predicted molar refractivity (Wildman–Crippen MR) is 79.9 cm³/mol. The van der Waals surface area contributed by atoms with E-state index in [9.17, 15) is 0 Å². The van der Waals surface area contributed by atoms with Crippen LogP contribution in [0.25, 0.3) is 0 Å². The van der Waals surface area contributed by atoms with E-state index in [2.05, 4.69) is 44.1 Å². The van der Waals surface area contributed by atoms with E-state index >= 15 is 0 Å². The zero-order valence-electron chi connectivity index (χ0n) is 11.1. The van der Waals surface area contributed by atoms with Crippen LogP contribution in [-0.2, 0) is 6.54 Å². The van der Waals surface area contributed by atoms with Gasteiger partial charge in [-0.1, -0.05) is 16.6 Å². The molecule has 1 saturated heterocycles. The fourth-order valence-electron chi connectivity index (χ4n) is 2.45. The van der Waals surface area contributed by atoms with Gasteiger partial charge >= 0.3 is 0 Å². The summed E-state index contributed by atoms with van der Waals surface area (Å²) < 4.78 is 3.98. The van der Waals surface area contributed by atoms with Crippen molar-refractivity contribution in [2.45, 2.75) is 26.3 Å². The highest BCUT2D eigenvalue weighted by Crippen LogP contribution is 2.29. The van der Waals surface area contributed by atoms with Crippen LogP contribution in [0, 0.1) is 6.92 Å². The van der Waals surface area contributed by atoms with Crippen molar-refractivity contribution in [1.29, 1.82) is 0 Å². The smallest absolute Gasteiger partial charge is 0.0774 e. The Labute approximate surface area is 117 Å². The SMILES string of the molecule is Cc1nnsc1CNc1ccccc1N1CCCC1. The maximum absolute atomic E-state index is 4.05. The van der Waals surface area contributed by atoms with Crippen LogP contribution >= 0.6 is 11.5 Å². The number of anilines is 2. The minimum absolute atomic E-state index is 0.800. The zero-order valence-corrected chi connectivity index (χ0v) is 11.9. The molecule has 1 N–H and O–H groups in total. The highest BCUT2D eigenvalue weighted by atomic mass is 32.1. The number of hydrogen-bond donors (Lipinski definition) is 1. The number of benzene rings is 1. The highest BCUT2D eigenvalue weighted by Gasteiger charge is 2.15. The van der Waals surface area contributed by atoms with E-state index in [-0.39, 0.29) is 0 Å². The Morgan fingerprint density at radius 1 is 1.26 bits per heavy atom. The quantitative estimate of drug-likeness (QED) is 0.930. The van der Waals surface area contributed by atoms with Crippen molar-refractivity contribution in [3.63, 3.8) is 0 Å². The Morgan fingerprint density at radius 2 is 2.05 bits per heavy atom. The lowest BCUT2D eigenvalue weighted by Gasteiger charge is -2.21. The van der Waals surface area contributed by atoms with Crippen LogP contribution in [0.5, 0.6) is 0 Å². The largest absolute Gasteiger partial charge is 0.378 e. The zero-order chi connectivity index (χ0) is 13.1. The fraction of sp³-hybridized carbons (Fsp3) is 0.429. The van der Waals surface area contributed by atoms with Crippen molar-refractivity contribution in [3.8, 4) is 0 Å². The summed E-state index contributed by atoms with van der Waals surface area (Å²) in [7, 11) is 0. The average molecular weight is 274 g/mol. The molecule has 0 saturated carbocycles. The van der Waals surface area contributed by atoms with Crippen molar-refractivity contribution in [2.24, 2.45) is 0 Å². The van der Waals surface area contributed by atoms with Crippen LogP contribution < -0.4 is 10.2 Å². The molecule has 0 radical (unpaired) electrons. The summed E-state index contributed by atoms with van der Waals surface area (Å²) in [6, 6.07) is 8.54. The van der Waals surface area contributed by atoms with Gasteiger partial charge in [0.05, 0.1) is 28.5 Å². The van der Waals surface area contributed by atoms with E-state index < -0.39 is 0 Å². The van der Waals surface area contributed by atoms with Crippen molar-refractivity contribution in [2.75, 3.05) is 23.3 Å². The molecule has 2 heterocycles. The van der Waals surface area contributed by atoms with Crippen LogP contribution in [0.15, 0.2) is 24.3 Å². The van der Waals surface area contributed by atoms with Crippen LogP contribution in [0.3, 0.4) is 0 Å². The van der Waals surface area contributed by atoms with Gasteiger partial charge in [-0.2, -0.15) is 0 Å². The van der Waals surface area contributed by atoms with Gasteiger partial charge in [0.2, 0.25) is 0 Å². The summed E-state index contributed by atoms with van der Waals surface area (Å²) in [5.41, 5.74) is 3.54. The maximum atomic E-state index is 4.05. The third kappa shape index (κ3) is 2.71. The monoisotopic (exact) mass is 274 g/mol. The number of nitrogens with zero attached hydrogens (tertiary/aromatic N) is 3. The summed E-state index contributed by atoms with van der Waals surface area (Å²) >= 11 is 1.47. The summed E-state index contributed by atoms with van der Waals surface area (Å²) in [4.78, 5) is 3.66. The van der Waals surface area contributed by atoms with E-state index in [1.54, 1.807) is 0 Å². The van der Waals surface area contributed by atoms with Gasteiger partial charge in [0.25, 0.3) is 0 Å². The third-order valence-electron chi connectivity index (χ3n) is 3.54. The van der Waals surface area contributed by atoms with Crippen molar-refractivity contribution >= 4 is 22.9 Å². The Balaban J connectivity index is 1.75. The molecule has 1 aromatic heterocycles. The number of aromatic nitrogens is 2. The van der Waals surface area contributed by atoms with Gasteiger partial charge in [0.15, 0.2) is 0 Å². The second-order valence-electron chi connectivity index (χ2n) is 4.85. The molecule has 4 nitrogen and oxygen atoms in total. The van der Waals surface area contributed by atoms with Gasteiger partial charge in [-0.05, 0) is 43.4 Å². The number of para-hydroxylation sites is 2.